The van der Waals surface area contributed by atoms with Gasteiger partial charge in [-0.25, -0.2) is 8.42 Å². The highest BCUT2D eigenvalue weighted by Gasteiger charge is 2.24. The van der Waals surface area contributed by atoms with Crippen molar-refractivity contribution in [1.29, 1.82) is 0 Å². The number of amides is 1. The van der Waals surface area contributed by atoms with E-state index in [1.165, 1.54) is 42.8 Å². The van der Waals surface area contributed by atoms with Crippen molar-refractivity contribution in [2.24, 2.45) is 0 Å². The number of sulfonamides is 1. The first-order chi connectivity index (χ1) is 16.4. The van der Waals surface area contributed by atoms with Crippen molar-refractivity contribution in [3.8, 4) is 17.2 Å². The fourth-order valence-corrected chi connectivity index (χ4v) is 4.37. The third-order valence-corrected chi connectivity index (χ3v) is 6.74. The van der Waals surface area contributed by atoms with Crippen LogP contribution in [0.15, 0.2) is 57.8 Å². The summed E-state index contributed by atoms with van der Waals surface area (Å²) in [5, 5.41) is 10.3. The van der Waals surface area contributed by atoms with Gasteiger partial charge in [0, 0.05) is 38.4 Å². The first-order valence-corrected chi connectivity index (χ1v) is 11.7. The maximum absolute atomic E-state index is 13.0. The topological polar surface area (TPSA) is 133 Å². The number of nitrogens with zero attached hydrogens (tertiary/aromatic N) is 3. The van der Waals surface area contributed by atoms with Crippen molar-refractivity contribution in [3.05, 3.63) is 54.1 Å². The van der Waals surface area contributed by atoms with Crippen molar-refractivity contribution >= 4 is 21.9 Å². The standard InChI is InChI=1S/C22H26N4O7S/c1-30-14-12-26(13-15-31-2)34(28,29)19-10-6-16(7-11-19)20(27)23-22-25-24-21(33-22)17-4-8-18(32-3)9-5-17/h4-11H,12-15H2,1-3H3,(H,23,25,27). The van der Waals surface area contributed by atoms with E-state index in [4.69, 9.17) is 18.6 Å². The van der Waals surface area contributed by atoms with Gasteiger partial charge in [0.05, 0.1) is 25.2 Å². The smallest absolute Gasteiger partial charge is 0.322 e. The van der Waals surface area contributed by atoms with Crippen LogP contribution in [-0.4, -0.2) is 76.5 Å². The van der Waals surface area contributed by atoms with Crippen molar-refractivity contribution in [2.75, 3.05) is 52.9 Å². The van der Waals surface area contributed by atoms with E-state index in [1.807, 2.05) is 0 Å². The van der Waals surface area contributed by atoms with E-state index in [0.717, 1.165) is 0 Å². The third kappa shape index (κ3) is 6.17. The second-order valence-corrected chi connectivity index (χ2v) is 8.95. The van der Waals surface area contributed by atoms with E-state index in [1.54, 1.807) is 31.4 Å². The van der Waals surface area contributed by atoms with Crippen molar-refractivity contribution in [1.82, 2.24) is 14.5 Å². The molecule has 34 heavy (non-hydrogen) atoms. The van der Waals surface area contributed by atoms with Crippen LogP contribution in [0.5, 0.6) is 5.75 Å². The van der Waals surface area contributed by atoms with Gasteiger partial charge in [-0.1, -0.05) is 5.10 Å². The first-order valence-electron chi connectivity index (χ1n) is 10.3. The fourth-order valence-electron chi connectivity index (χ4n) is 2.96. The van der Waals surface area contributed by atoms with Gasteiger partial charge in [0.1, 0.15) is 5.75 Å². The number of nitrogens with one attached hydrogen (secondary N) is 1. The predicted octanol–water partition coefficient (Wildman–Crippen LogP) is 2.28. The maximum atomic E-state index is 13.0. The fraction of sp³-hybridized carbons (Fsp3) is 0.318. The SMILES string of the molecule is COCCN(CCOC)S(=O)(=O)c1ccc(C(=O)Nc2nnc(-c3ccc(OC)cc3)o2)cc1. The summed E-state index contributed by atoms with van der Waals surface area (Å²) in [4.78, 5) is 12.6. The molecule has 0 saturated heterocycles. The molecule has 0 aliphatic carbocycles. The van der Waals surface area contributed by atoms with E-state index in [0.29, 0.717) is 11.3 Å². The van der Waals surface area contributed by atoms with Crippen LogP contribution in [-0.2, 0) is 19.5 Å². The van der Waals surface area contributed by atoms with Gasteiger partial charge in [-0.2, -0.15) is 4.31 Å². The molecule has 1 aromatic heterocycles. The average Bonchev–Trinajstić information content (AvgIpc) is 3.32. The molecule has 0 radical (unpaired) electrons. The molecule has 2 aromatic carbocycles. The lowest BCUT2D eigenvalue weighted by Gasteiger charge is -2.21. The largest absolute Gasteiger partial charge is 0.497 e. The van der Waals surface area contributed by atoms with Crippen LogP contribution in [0.25, 0.3) is 11.5 Å². The molecule has 0 aliphatic rings. The molecule has 0 spiro atoms. The van der Waals surface area contributed by atoms with Crippen molar-refractivity contribution in [2.45, 2.75) is 4.90 Å². The Morgan fingerprint density at radius 3 is 2.12 bits per heavy atom. The zero-order valence-corrected chi connectivity index (χ0v) is 19.9. The summed E-state index contributed by atoms with van der Waals surface area (Å²) in [6.45, 7) is 0.842. The molecular weight excluding hydrogens is 464 g/mol. The highest BCUT2D eigenvalue weighted by molar-refractivity contribution is 7.89. The van der Waals surface area contributed by atoms with Crippen LogP contribution >= 0.6 is 0 Å². The number of benzene rings is 2. The molecule has 0 saturated carbocycles. The van der Waals surface area contributed by atoms with E-state index < -0.39 is 15.9 Å². The molecule has 3 rings (SSSR count). The van der Waals surface area contributed by atoms with Gasteiger partial charge in [0.25, 0.3) is 5.91 Å². The molecule has 1 heterocycles. The van der Waals surface area contributed by atoms with Gasteiger partial charge in [-0.3, -0.25) is 10.1 Å². The minimum atomic E-state index is -3.79. The second-order valence-electron chi connectivity index (χ2n) is 7.01. The minimum Gasteiger partial charge on any atom is -0.497 e. The highest BCUT2D eigenvalue weighted by atomic mass is 32.2. The van der Waals surface area contributed by atoms with Crippen LogP contribution in [0.3, 0.4) is 0 Å². The molecule has 0 fully saturated rings. The number of rotatable bonds is 12. The summed E-state index contributed by atoms with van der Waals surface area (Å²) in [5.41, 5.74) is 0.887. The third-order valence-electron chi connectivity index (χ3n) is 4.83. The lowest BCUT2D eigenvalue weighted by atomic mass is 10.2. The van der Waals surface area contributed by atoms with E-state index in [9.17, 15) is 13.2 Å². The number of hydrogen-bond acceptors (Lipinski definition) is 9. The zero-order valence-electron chi connectivity index (χ0n) is 19.1. The van der Waals surface area contributed by atoms with E-state index >= 15 is 0 Å². The molecule has 1 amide bonds. The van der Waals surface area contributed by atoms with Gasteiger partial charge >= 0.3 is 6.01 Å². The molecule has 182 valence electrons. The Labute approximate surface area is 197 Å². The second kappa shape index (κ2) is 11.7. The Balaban J connectivity index is 1.69. The number of anilines is 1. The Bertz CT molecular complexity index is 1170. The predicted molar refractivity (Wildman–Crippen MR) is 123 cm³/mol. The van der Waals surface area contributed by atoms with Crippen LogP contribution in [0.4, 0.5) is 6.01 Å². The summed E-state index contributed by atoms with van der Waals surface area (Å²) in [6.07, 6.45) is 0. The normalized spacial score (nSPS) is 11.5. The number of hydrogen-bond donors (Lipinski definition) is 1. The molecule has 0 unspecified atom stereocenters. The van der Waals surface area contributed by atoms with E-state index in [-0.39, 0.29) is 48.7 Å². The maximum Gasteiger partial charge on any atom is 0.322 e. The van der Waals surface area contributed by atoms with Gasteiger partial charge in [0.15, 0.2) is 0 Å². The summed E-state index contributed by atoms with van der Waals surface area (Å²) in [7, 11) is 0.774. The van der Waals surface area contributed by atoms with Crippen LogP contribution < -0.4 is 10.1 Å². The number of carbonyl (C=O) groups is 1. The Hall–Kier alpha value is -3.32. The van der Waals surface area contributed by atoms with Crippen molar-refractivity contribution in [3.63, 3.8) is 0 Å². The van der Waals surface area contributed by atoms with Crippen LogP contribution in [0.1, 0.15) is 10.4 Å². The average molecular weight is 491 g/mol. The number of carbonyl (C=O) groups excluding carboxylic acids is 1. The Kier molecular flexibility index (Phi) is 8.71. The highest BCUT2D eigenvalue weighted by Crippen LogP contribution is 2.23. The van der Waals surface area contributed by atoms with Gasteiger partial charge < -0.3 is 18.6 Å². The van der Waals surface area contributed by atoms with Gasteiger partial charge in [-0.15, -0.1) is 5.10 Å². The summed E-state index contributed by atoms with van der Waals surface area (Å²) < 4.78 is 47.8. The van der Waals surface area contributed by atoms with Crippen molar-refractivity contribution < 1.29 is 31.8 Å². The van der Waals surface area contributed by atoms with Gasteiger partial charge in [-0.05, 0) is 48.5 Å². The lowest BCUT2D eigenvalue weighted by Crippen LogP contribution is -2.36. The van der Waals surface area contributed by atoms with Crippen LogP contribution in [0, 0.1) is 0 Å². The minimum absolute atomic E-state index is 0.0517. The Morgan fingerprint density at radius 2 is 1.56 bits per heavy atom. The first kappa shape index (κ1) is 25.3. The van der Waals surface area contributed by atoms with Crippen LogP contribution in [0.2, 0.25) is 0 Å². The molecule has 1 N–H and O–H groups in total. The molecule has 0 bridgehead atoms. The quantitative estimate of drug-likeness (QED) is 0.406. The van der Waals surface area contributed by atoms with E-state index in [2.05, 4.69) is 15.5 Å². The van der Waals surface area contributed by atoms with Gasteiger partial charge in [0.2, 0.25) is 15.9 Å². The molecule has 0 atom stereocenters. The number of aromatic nitrogens is 2. The summed E-state index contributed by atoms with van der Waals surface area (Å²) in [5.74, 6) is 0.388. The summed E-state index contributed by atoms with van der Waals surface area (Å²) >= 11 is 0. The number of methoxy groups -OCH3 is 3. The molecule has 3 aromatic rings. The zero-order chi connectivity index (χ0) is 24.6. The molecule has 12 heteroatoms. The molecular formula is C22H26N4O7S. The summed E-state index contributed by atoms with van der Waals surface area (Å²) in [6, 6.07) is 12.5. The monoisotopic (exact) mass is 490 g/mol. The lowest BCUT2D eigenvalue weighted by molar-refractivity contribution is 0.102. The Morgan fingerprint density at radius 1 is 0.941 bits per heavy atom. The molecule has 0 aliphatic heterocycles. The molecule has 11 nitrogen and oxygen atoms in total. The number of ether oxygens (including phenoxy) is 3.